The molecule has 0 fully saturated rings. The van der Waals surface area contributed by atoms with E-state index in [9.17, 15) is 19.8 Å². The number of hydrogen-bond donors (Lipinski definition) is 2. The number of Topliss-reactive ketones (excluding diaryl/α,β-unsaturated/α-hetero) is 1. The van der Waals surface area contributed by atoms with Gasteiger partial charge in [0.1, 0.15) is 23.9 Å². The first-order chi connectivity index (χ1) is 14.4. The number of aromatic carboxylic acids is 1. The van der Waals surface area contributed by atoms with Crippen LogP contribution >= 0.6 is 0 Å². The zero-order valence-corrected chi connectivity index (χ0v) is 16.7. The Kier molecular flexibility index (Phi) is 6.37. The molecule has 0 amide bonds. The lowest BCUT2D eigenvalue weighted by Gasteiger charge is -2.19. The Morgan fingerprint density at radius 2 is 1.73 bits per heavy atom. The Labute approximate surface area is 174 Å². The van der Waals surface area contributed by atoms with Crippen LogP contribution in [0.2, 0.25) is 0 Å². The third-order valence-corrected chi connectivity index (χ3v) is 4.69. The summed E-state index contributed by atoms with van der Waals surface area (Å²) in [6, 6.07) is 17.1. The number of hydrogen-bond acceptors (Lipinski definition) is 5. The molecule has 0 heterocycles. The summed E-state index contributed by atoms with van der Waals surface area (Å²) in [6.45, 7) is 1.35. The quantitative estimate of drug-likeness (QED) is 0.536. The zero-order chi connectivity index (χ0) is 21.7. The Morgan fingerprint density at radius 3 is 2.33 bits per heavy atom. The van der Waals surface area contributed by atoms with Crippen LogP contribution in [0, 0.1) is 0 Å². The average Bonchev–Trinajstić information content (AvgIpc) is 2.72. The minimum atomic E-state index is -1.12. The summed E-state index contributed by atoms with van der Waals surface area (Å²) in [5, 5.41) is 19.4. The molecule has 0 aliphatic carbocycles. The van der Waals surface area contributed by atoms with Crippen molar-refractivity contribution in [2.24, 2.45) is 0 Å². The van der Waals surface area contributed by atoms with Crippen LogP contribution in [0.25, 0.3) is 0 Å². The van der Waals surface area contributed by atoms with Crippen molar-refractivity contribution < 1.29 is 29.3 Å². The lowest BCUT2D eigenvalue weighted by Crippen LogP contribution is -2.14. The molecule has 0 saturated heterocycles. The molecule has 0 saturated carbocycles. The number of rotatable bonds is 8. The summed E-state index contributed by atoms with van der Waals surface area (Å²) in [5.74, 6) is -0.698. The number of carboxylic acids is 1. The number of phenolic OH excluding ortho intramolecular Hbond substituents is 1. The van der Waals surface area contributed by atoms with E-state index in [1.54, 1.807) is 12.1 Å². The molecule has 0 atom stereocenters. The fourth-order valence-corrected chi connectivity index (χ4v) is 3.38. The Hall–Kier alpha value is -3.80. The van der Waals surface area contributed by atoms with Crippen LogP contribution in [-0.4, -0.2) is 29.1 Å². The second kappa shape index (κ2) is 9.13. The molecule has 3 rings (SSSR count). The van der Waals surface area contributed by atoms with E-state index in [-0.39, 0.29) is 35.0 Å². The van der Waals surface area contributed by atoms with Gasteiger partial charge in [0.15, 0.2) is 5.78 Å². The van der Waals surface area contributed by atoms with E-state index in [0.717, 1.165) is 5.56 Å². The standard InChI is InChI=1S/C24H22O6/c1-15(25)22-17(14-30-19-10-6-9-18(26)13-19)12-21(24(27)28)20(23(22)29-2)11-16-7-4-3-5-8-16/h3-10,12-13,26H,11,14H2,1-2H3,(H,27,28). The van der Waals surface area contributed by atoms with Gasteiger partial charge in [0, 0.05) is 23.6 Å². The first-order valence-electron chi connectivity index (χ1n) is 9.33. The molecule has 0 spiro atoms. The van der Waals surface area contributed by atoms with Crippen LogP contribution in [0.1, 0.15) is 44.3 Å². The van der Waals surface area contributed by atoms with Gasteiger partial charge in [-0.25, -0.2) is 4.79 Å². The van der Waals surface area contributed by atoms with Crippen LogP contribution in [0.4, 0.5) is 0 Å². The van der Waals surface area contributed by atoms with E-state index in [4.69, 9.17) is 9.47 Å². The maximum Gasteiger partial charge on any atom is 0.336 e. The summed E-state index contributed by atoms with van der Waals surface area (Å²) in [4.78, 5) is 24.5. The van der Waals surface area contributed by atoms with Crippen LogP contribution < -0.4 is 9.47 Å². The number of carbonyl (C=O) groups is 2. The smallest absolute Gasteiger partial charge is 0.336 e. The molecule has 0 unspecified atom stereocenters. The molecule has 6 heteroatoms. The number of carbonyl (C=O) groups excluding carboxylic acids is 1. The summed E-state index contributed by atoms with van der Waals surface area (Å²) in [7, 11) is 1.42. The number of phenols is 1. The van der Waals surface area contributed by atoms with Crippen LogP contribution in [0.3, 0.4) is 0 Å². The van der Waals surface area contributed by atoms with Crippen molar-refractivity contribution in [2.75, 3.05) is 7.11 Å². The van der Waals surface area contributed by atoms with Crippen molar-refractivity contribution >= 4 is 11.8 Å². The minimum Gasteiger partial charge on any atom is -0.508 e. The van der Waals surface area contributed by atoms with Gasteiger partial charge >= 0.3 is 5.97 Å². The second-order valence-electron chi connectivity index (χ2n) is 6.78. The molecule has 30 heavy (non-hydrogen) atoms. The molecular formula is C24H22O6. The maximum atomic E-state index is 12.5. The molecule has 6 nitrogen and oxygen atoms in total. The molecule has 0 aliphatic rings. The van der Waals surface area contributed by atoms with E-state index >= 15 is 0 Å². The predicted molar refractivity (Wildman–Crippen MR) is 112 cm³/mol. The summed E-state index contributed by atoms with van der Waals surface area (Å²) >= 11 is 0. The van der Waals surface area contributed by atoms with E-state index in [2.05, 4.69) is 0 Å². The van der Waals surface area contributed by atoms with Gasteiger partial charge in [-0.1, -0.05) is 36.4 Å². The van der Waals surface area contributed by atoms with Gasteiger partial charge in [-0.2, -0.15) is 0 Å². The van der Waals surface area contributed by atoms with Gasteiger partial charge in [0.05, 0.1) is 18.2 Å². The monoisotopic (exact) mass is 406 g/mol. The van der Waals surface area contributed by atoms with E-state index in [1.165, 1.54) is 32.2 Å². The van der Waals surface area contributed by atoms with Gasteiger partial charge in [0.25, 0.3) is 0 Å². The number of ether oxygens (including phenoxy) is 2. The van der Waals surface area contributed by atoms with Gasteiger partial charge in [-0.15, -0.1) is 0 Å². The molecule has 3 aromatic carbocycles. The summed E-state index contributed by atoms with van der Waals surface area (Å²) in [5.41, 5.74) is 2.07. The van der Waals surface area contributed by atoms with Crippen molar-refractivity contribution in [1.82, 2.24) is 0 Å². The number of benzene rings is 3. The van der Waals surface area contributed by atoms with E-state index in [0.29, 0.717) is 23.3 Å². The Balaban J connectivity index is 2.09. The van der Waals surface area contributed by atoms with Gasteiger partial charge < -0.3 is 19.7 Å². The molecule has 0 aromatic heterocycles. The highest BCUT2D eigenvalue weighted by Crippen LogP contribution is 2.34. The fraction of sp³-hybridized carbons (Fsp3) is 0.167. The Bertz CT molecular complexity index is 1070. The fourth-order valence-electron chi connectivity index (χ4n) is 3.38. The van der Waals surface area contributed by atoms with E-state index in [1.807, 2.05) is 30.3 Å². The van der Waals surface area contributed by atoms with Crippen molar-refractivity contribution in [2.45, 2.75) is 20.0 Å². The summed E-state index contributed by atoms with van der Waals surface area (Å²) < 4.78 is 11.2. The molecule has 3 aromatic rings. The molecular weight excluding hydrogens is 384 g/mol. The normalized spacial score (nSPS) is 10.5. The largest absolute Gasteiger partial charge is 0.508 e. The Morgan fingerprint density at radius 1 is 1.00 bits per heavy atom. The molecule has 0 radical (unpaired) electrons. The molecule has 154 valence electrons. The molecule has 0 bridgehead atoms. The van der Waals surface area contributed by atoms with Crippen LogP contribution in [0.15, 0.2) is 60.7 Å². The van der Waals surface area contributed by atoms with Gasteiger partial charge in [-0.3, -0.25) is 4.79 Å². The van der Waals surface area contributed by atoms with E-state index < -0.39 is 5.97 Å². The highest BCUT2D eigenvalue weighted by atomic mass is 16.5. The molecule has 2 N–H and O–H groups in total. The summed E-state index contributed by atoms with van der Waals surface area (Å²) in [6.07, 6.45) is 0.305. The topological polar surface area (TPSA) is 93.1 Å². The zero-order valence-electron chi connectivity index (χ0n) is 16.7. The van der Waals surface area contributed by atoms with Gasteiger partial charge in [0.2, 0.25) is 0 Å². The predicted octanol–water partition coefficient (Wildman–Crippen LogP) is 4.47. The third-order valence-electron chi connectivity index (χ3n) is 4.69. The van der Waals surface area contributed by atoms with Gasteiger partial charge in [-0.05, 0) is 30.7 Å². The SMILES string of the molecule is COc1c(Cc2ccccc2)c(C(=O)O)cc(COc2cccc(O)c2)c1C(C)=O. The lowest BCUT2D eigenvalue weighted by atomic mass is 9.91. The lowest BCUT2D eigenvalue weighted by molar-refractivity contribution is 0.0694. The van der Waals surface area contributed by atoms with Crippen LogP contribution in [-0.2, 0) is 13.0 Å². The van der Waals surface area contributed by atoms with Crippen molar-refractivity contribution in [3.63, 3.8) is 0 Å². The second-order valence-corrected chi connectivity index (χ2v) is 6.78. The van der Waals surface area contributed by atoms with Crippen molar-refractivity contribution in [1.29, 1.82) is 0 Å². The first-order valence-corrected chi connectivity index (χ1v) is 9.33. The number of ketones is 1. The first kappa shape index (κ1) is 20.9. The van der Waals surface area contributed by atoms with Crippen LogP contribution in [0.5, 0.6) is 17.2 Å². The minimum absolute atomic E-state index is 0.0429. The maximum absolute atomic E-state index is 12.5. The number of carboxylic acid groups (broad SMARTS) is 1. The molecule has 0 aliphatic heterocycles. The highest BCUT2D eigenvalue weighted by molar-refractivity contribution is 6.01. The average molecular weight is 406 g/mol. The highest BCUT2D eigenvalue weighted by Gasteiger charge is 2.25. The van der Waals surface area contributed by atoms with Crippen molar-refractivity contribution in [3.05, 3.63) is 88.5 Å². The third kappa shape index (κ3) is 4.60. The number of aromatic hydroxyl groups is 1. The number of methoxy groups -OCH3 is 1. The van der Waals surface area contributed by atoms with Crippen molar-refractivity contribution in [3.8, 4) is 17.2 Å².